The summed E-state index contributed by atoms with van der Waals surface area (Å²) in [6.07, 6.45) is -5.98. The van der Waals surface area contributed by atoms with Crippen molar-refractivity contribution in [1.29, 1.82) is 0 Å². The highest BCUT2D eigenvalue weighted by molar-refractivity contribution is 6.22. The van der Waals surface area contributed by atoms with E-state index in [0.717, 1.165) is 18.9 Å². The zero-order valence-corrected chi connectivity index (χ0v) is 15.5. The van der Waals surface area contributed by atoms with Gasteiger partial charge in [0, 0.05) is 32.8 Å². The molecule has 2 aromatic rings. The molecule has 1 unspecified atom stereocenters. The summed E-state index contributed by atoms with van der Waals surface area (Å²) in [5.41, 5.74) is -3.60. The van der Waals surface area contributed by atoms with Gasteiger partial charge >= 0.3 is 23.3 Å². The van der Waals surface area contributed by atoms with Crippen molar-refractivity contribution in [3.8, 4) is 5.69 Å². The molecule has 0 saturated heterocycles. The number of alkyl halides is 5. The fraction of sp³-hybridized carbons (Fsp3) is 0.312. The molecule has 0 N–H and O–H groups in total. The van der Waals surface area contributed by atoms with Gasteiger partial charge in [-0.05, 0) is 35.9 Å². The third-order valence-electron chi connectivity index (χ3n) is 3.65. The number of anilines is 1. The highest BCUT2D eigenvalue weighted by Crippen LogP contribution is 2.27. The second kappa shape index (κ2) is 7.30. The fourth-order valence-corrected chi connectivity index (χ4v) is 2.35. The Labute approximate surface area is 160 Å². The third kappa shape index (κ3) is 4.53. The number of carbonyl (C=O) groups is 1. The van der Waals surface area contributed by atoms with Gasteiger partial charge in [-0.25, -0.2) is 14.2 Å². The van der Waals surface area contributed by atoms with Crippen molar-refractivity contribution in [2.45, 2.75) is 18.4 Å². The summed E-state index contributed by atoms with van der Waals surface area (Å²) in [6.45, 7) is 0.816. The van der Waals surface area contributed by atoms with Crippen LogP contribution in [0.4, 0.5) is 28.0 Å². The lowest BCUT2D eigenvalue weighted by molar-refractivity contribution is -0.144. The minimum atomic E-state index is -4.87. The van der Waals surface area contributed by atoms with Gasteiger partial charge in [0.2, 0.25) is 0 Å². The van der Waals surface area contributed by atoms with Crippen LogP contribution in [0, 0.1) is 0 Å². The van der Waals surface area contributed by atoms with E-state index < -0.39 is 34.5 Å². The molecule has 0 spiro atoms. The molecule has 0 aliphatic heterocycles. The molecule has 7 nitrogen and oxygen atoms in total. The minimum Gasteiger partial charge on any atom is -0.398 e. The molecule has 0 saturated carbocycles. The van der Waals surface area contributed by atoms with Crippen LogP contribution >= 0.6 is 11.6 Å². The van der Waals surface area contributed by atoms with Crippen LogP contribution in [0.1, 0.15) is 12.6 Å². The van der Waals surface area contributed by atoms with Gasteiger partial charge in [0.05, 0.1) is 5.69 Å². The van der Waals surface area contributed by atoms with Crippen LogP contribution in [0.2, 0.25) is 0 Å². The van der Waals surface area contributed by atoms with E-state index in [1.807, 2.05) is 0 Å². The van der Waals surface area contributed by atoms with Gasteiger partial charge < -0.3 is 4.74 Å². The first-order valence-corrected chi connectivity index (χ1v) is 7.95. The first-order valence-electron chi connectivity index (χ1n) is 7.57. The summed E-state index contributed by atoms with van der Waals surface area (Å²) in [5.74, 6) is 0. The summed E-state index contributed by atoms with van der Waals surface area (Å²) in [7, 11) is 2.14. The predicted octanol–water partition coefficient (Wildman–Crippen LogP) is 3.01. The lowest BCUT2D eigenvalue weighted by atomic mass is 10.2. The molecule has 1 aromatic heterocycles. The van der Waals surface area contributed by atoms with Crippen LogP contribution in [0.15, 0.2) is 39.9 Å². The SMILES string of the molecule is CN(C(=O)OC(C)(F)Cl)c1ccc(-n2c(=O)cc(C(F)(F)F)n(C)c2=O)cc1. The molecule has 1 heterocycles. The Hall–Kier alpha value is -2.82. The van der Waals surface area contributed by atoms with Crippen molar-refractivity contribution in [1.82, 2.24) is 9.13 Å². The Bertz CT molecular complexity index is 1010. The first kappa shape index (κ1) is 21.5. The van der Waals surface area contributed by atoms with E-state index in [1.54, 1.807) is 0 Å². The van der Waals surface area contributed by atoms with Crippen LogP contribution in [-0.2, 0) is 18.0 Å². The molecule has 2 rings (SSSR count). The minimum absolute atomic E-state index is 0.0301. The van der Waals surface area contributed by atoms with E-state index in [-0.39, 0.29) is 11.4 Å². The van der Waals surface area contributed by atoms with Gasteiger partial charge in [0.25, 0.3) is 5.56 Å². The third-order valence-corrected chi connectivity index (χ3v) is 3.72. The Balaban J connectivity index is 2.42. The summed E-state index contributed by atoms with van der Waals surface area (Å²) in [5, 5.41) is -2.72. The molecule has 0 bridgehead atoms. The van der Waals surface area contributed by atoms with Crippen molar-refractivity contribution >= 4 is 23.4 Å². The Morgan fingerprint density at radius 3 is 2.14 bits per heavy atom. The molecular weight excluding hydrogens is 410 g/mol. The maximum absolute atomic E-state index is 13.2. The van der Waals surface area contributed by atoms with E-state index in [4.69, 9.17) is 11.6 Å². The van der Waals surface area contributed by atoms with E-state index in [2.05, 4.69) is 4.74 Å². The highest BCUT2D eigenvalue weighted by atomic mass is 35.5. The Morgan fingerprint density at radius 2 is 1.68 bits per heavy atom. The standard InChI is InChI=1S/C16H14ClF4N3O4/c1-15(17,18)28-14(27)22(2)9-4-6-10(7-5-9)24-12(25)8-11(16(19,20)21)23(3)13(24)26/h4-8H,1-3H3. The molecule has 0 fully saturated rings. The largest absolute Gasteiger partial charge is 0.431 e. The van der Waals surface area contributed by atoms with Crippen molar-refractivity contribution in [3.63, 3.8) is 0 Å². The number of benzene rings is 1. The van der Waals surface area contributed by atoms with E-state index >= 15 is 0 Å². The molecule has 0 aliphatic carbocycles. The molecule has 28 heavy (non-hydrogen) atoms. The number of halogens is 5. The number of aromatic nitrogens is 2. The second-order valence-corrected chi connectivity index (χ2v) is 6.47. The fourth-order valence-electron chi connectivity index (χ4n) is 2.29. The predicted molar refractivity (Wildman–Crippen MR) is 92.5 cm³/mol. The summed E-state index contributed by atoms with van der Waals surface area (Å²) in [6, 6.07) is 5.32. The zero-order chi connectivity index (χ0) is 21.4. The van der Waals surface area contributed by atoms with Crippen LogP contribution in [-0.4, -0.2) is 27.6 Å². The summed E-state index contributed by atoms with van der Waals surface area (Å²) in [4.78, 5) is 36.9. The van der Waals surface area contributed by atoms with Crippen LogP contribution < -0.4 is 16.1 Å². The maximum Gasteiger partial charge on any atom is 0.431 e. The number of carbonyl (C=O) groups excluding carboxylic acids is 1. The van der Waals surface area contributed by atoms with Gasteiger partial charge in [0.1, 0.15) is 5.69 Å². The Morgan fingerprint density at radius 1 is 1.14 bits per heavy atom. The van der Waals surface area contributed by atoms with Gasteiger partial charge in [-0.1, -0.05) is 0 Å². The maximum atomic E-state index is 13.2. The lowest BCUT2D eigenvalue weighted by Gasteiger charge is -2.21. The van der Waals surface area contributed by atoms with Crippen LogP contribution in [0.5, 0.6) is 0 Å². The summed E-state index contributed by atoms with van der Waals surface area (Å²) >= 11 is 5.17. The van der Waals surface area contributed by atoms with Crippen molar-refractivity contribution < 1.29 is 27.1 Å². The van der Waals surface area contributed by atoms with Gasteiger partial charge in [0.15, 0.2) is 0 Å². The average molecular weight is 424 g/mol. The lowest BCUT2D eigenvalue weighted by Crippen LogP contribution is -2.40. The second-order valence-electron chi connectivity index (χ2n) is 5.79. The molecule has 0 radical (unpaired) electrons. The Kier molecular flexibility index (Phi) is 5.60. The van der Waals surface area contributed by atoms with Crippen LogP contribution in [0.25, 0.3) is 5.69 Å². The molecule has 1 atom stereocenters. The molecule has 1 amide bonds. The first-order chi connectivity index (χ1) is 12.7. The highest BCUT2D eigenvalue weighted by Gasteiger charge is 2.35. The number of hydrogen-bond donors (Lipinski definition) is 0. The number of ether oxygens (including phenoxy) is 1. The smallest absolute Gasteiger partial charge is 0.398 e. The molecule has 152 valence electrons. The molecule has 0 aliphatic rings. The van der Waals surface area contributed by atoms with E-state index in [0.29, 0.717) is 15.2 Å². The number of nitrogens with zero attached hydrogens (tertiary/aromatic N) is 3. The van der Waals surface area contributed by atoms with E-state index in [9.17, 15) is 31.9 Å². The molecular formula is C16H14ClF4N3O4. The van der Waals surface area contributed by atoms with Crippen molar-refractivity contribution in [2.75, 3.05) is 11.9 Å². The number of amides is 1. The molecule has 12 heteroatoms. The van der Waals surface area contributed by atoms with Gasteiger partial charge in [-0.15, -0.1) is 0 Å². The van der Waals surface area contributed by atoms with E-state index in [1.165, 1.54) is 31.3 Å². The number of hydrogen-bond acceptors (Lipinski definition) is 4. The van der Waals surface area contributed by atoms with Crippen molar-refractivity contribution in [2.24, 2.45) is 7.05 Å². The summed E-state index contributed by atoms with van der Waals surface area (Å²) < 4.78 is 57.0. The van der Waals surface area contributed by atoms with Crippen molar-refractivity contribution in [3.05, 3.63) is 56.9 Å². The zero-order valence-electron chi connectivity index (χ0n) is 14.8. The normalized spacial score (nSPS) is 13.7. The topological polar surface area (TPSA) is 73.5 Å². The monoisotopic (exact) mass is 423 g/mol. The number of rotatable bonds is 3. The van der Waals surface area contributed by atoms with Gasteiger partial charge in [-0.2, -0.15) is 17.6 Å². The van der Waals surface area contributed by atoms with Crippen LogP contribution in [0.3, 0.4) is 0 Å². The molecule has 1 aromatic carbocycles. The van der Waals surface area contributed by atoms with Gasteiger partial charge in [-0.3, -0.25) is 14.3 Å². The average Bonchev–Trinajstić information content (AvgIpc) is 2.55. The quantitative estimate of drug-likeness (QED) is 0.562.